The van der Waals surface area contributed by atoms with Crippen molar-refractivity contribution in [3.05, 3.63) is 46.4 Å². The van der Waals surface area contributed by atoms with Crippen LogP contribution in [0.1, 0.15) is 5.56 Å². The van der Waals surface area contributed by atoms with Gasteiger partial charge in [0.2, 0.25) is 5.82 Å². The average Bonchev–Trinajstić information content (AvgIpc) is 2.69. The van der Waals surface area contributed by atoms with Gasteiger partial charge in [0.25, 0.3) is 0 Å². The average molecular weight is 233 g/mol. The van der Waals surface area contributed by atoms with E-state index in [0.29, 0.717) is 6.54 Å². The minimum Gasteiger partial charge on any atom is -0.359 e. The Morgan fingerprint density at radius 2 is 2.41 bits per heavy atom. The zero-order valence-electron chi connectivity index (χ0n) is 9.20. The van der Waals surface area contributed by atoms with Gasteiger partial charge >= 0.3 is 5.69 Å². The molecule has 0 spiro atoms. The van der Waals surface area contributed by atoms with E-state index in [1.165, 1.54) is 10.9 Å². The molecule has 0 aliphatic heterocycles. The molecule has 88 valence electrons. The molecule has 7 heteroatoms. The second-order valence-corrected chi connectivity index (χ2v) is 3.51. The first-order chi connectivity index (χ1) is 8.16. The lowest BCUT2D eigenvalue weighted by Gasteiger charge is -2.01. The van der Waals surface area contributed by atoms with Crippen LogP contribution >= 0.6 is 0 Å². The lowest BCUT2D eigenvalue weighted by molar-refractivity contribution is -0.384. The van der Waals surface area contributed by atoms with E-state index in [-0.39, 0.29) is 11.5 Å². The summed E-state index contributed by atoms with van der Waals surface area (Å²) in [4.78, 5) is 14.2. The van der Waals surface area contributed by atoms with Crippen molar-refractivity contribution in [2.24, 2.45) is 7.05 Å². The van der Waals surface area contributed by atoms with E-state index in [9.17, 15) is 10.1 Å². The van der Waals surface area contributed by atoms with Gasteiger partial charge in [-0.15, -0.1) is 5.10 Å². The number of hydrogen-bond donors (Lipinski definition) is 1. The van der Waals surface area contributed by atoms with E-state index < -0.39 is 4.92 Å². The van der Waals surface area contributed by atoms with Gasteiger partial charge in [0.05, 0.1) is 4.92 Å². The van der Waals surface area contributed by atoms with Gasteiger partial charge in [-0.3, -0.25) is 19.8 Å². The monoisotopic (exact) mass is 233 g/mol. The predicted octanol–water partition coefficient (Wildman–Crippen LogP) is 1.34. The Kier molecular flexibility index (Phi) is 2.99. The van der Waals surface area contributed by atoms with Gasteiger partial charge in [-0.2, -0.15) is 0 Å². The largest absolute Gasteiger partial charge is 0.359 e. The number of hydrogen-bond acceptors (Lipinski definition) is 5. The van der Waals surface area contributed by atoms with E-state index in [0.717, 1.165) is 5.56 Å². The molecule has 1 N–H and O–H groups in total. The van der Waals surface area contributed by atoms with E-state index in [1.807, 2.05) is 12.1 Å². The number of rotatable bonds is 4. The molecule has 0 aliphatic rings. The maximum absolute atomic E-state index is 10.7. The Bertz CT molecular complexity index is 523. The number of anilines is 1. The fourth-order valence-electron chi connectivity index (χ4n) is 1.42. The number of nitro groups is 1. The lowest BCUT2D eigenvalue weighted by Crippen LogP contribution is -2.02. The molecule has 2 aromatic rings. The molecule has 0 atom stereocenters. The summed E-state index contributed by atoms with van der Waals surface area (Å²) in [6.45, 7) is 0.450. The lowest BCUT2D eigenvalue weighted by atomic mass is 10.3. The highest BCUT2D eigenvalue weighted by atomic mass is 16.6. The first kappa shape index (κ1) is 11.1. The molecular weight excluding hydrogens is 222 g/mol. The number of nitrogens with one attached hydrogen (secondary N) is 1. The van der Waals surface area contributed by atoms with E-state index in [2.05, 4.69) is 15.4 Å². The van der Waals surface area contributed by atoms with Crippen LogP contribution in [0.2, 0.25) is 0 Å². The zero-order valence-corrected chi connectivity index (χ0v) is 9.20. The summed E-state index contributed by atoms with van der Waals surface area (Å²) < 4.78 is 1.41. The van der Waals surface area contributed by atoms with E-state index in [1.54, 1.807) is 19.4 Å². The third kappa shape index (κ3) is 2.57. The van der Waals surface area contributed by atoms with Crippen molar-refractivity contribution in [3.63, 3.8) is 0 Å². The van der Waals surface area contributed by atoms with Crippen molar-refractivity contribution in [2.45, 2.75) is 6.54 Å². The summed E-state index contributed by atoms with van der Waals surface area (Å²) in [5.41, 5.74) is 0.906. The minimum atomic E-state index is -0.460. The van der Waals surface area contributed by atoms with Gasteiger partial charge in [0.1, 0.15) is 6.20 Å². The second kappa shape index (κ2) is 4.60. The van der Waals surface area contributed by atoms with Crippen molar-refractivity contribution in [3.8, 4) is 0 Å². The first-order valence-corrected chi connectivity index (χ1v) is 4.97. The van der Waals surface area contributed by atoms with Gasteiger partial charge in [-0.25, -0.2) is 0 Å². The van der Waals surface area contributed by atoms with Crippen LogP contribution in [0.4, 0.5) is 11.5 Å². The minimum absolute atomic E-state index is 0.0311. The second-order valence-electron chi connectivity index (χ2n) is 3.51. The van der Waals surface area contributed by atoms with Crippen LogP contribution in [-0.2, 0) is 13.6 Å². The van der Waals surface area contributed by atoms with Crippen LogP contribution in [0.3, 0.4) is 0 Å². The third-order valence-electron chi connectivity index (χ3n) is 2.19. The number of pyridine rings is 1. The molecule has 0 amide bonds. The van der Waals surface area contributed by atoms with Gasteiger partial charge in [-0.05, 0) is 11.6 Å². The molecule has 2 heterocycles. The van der Waals surface area contributed by atoms with Crippen molar-refractivity contribution < 1.29 is 4.92 Å². The fraction of sp³-hybridized carbons (Fsp3) is 0.200. The van der Waals surface area contributed by atoms with Gasteiger partial charge in [-0.1, -0.05) is 6.07 Å². The Morgan fingerprint density at radius 3 is 3.06 bits per heavy atom. The highest BCUT2D eigenvalue weighted by molar-refractivity contribution is 5.54. The van der Waals surface area contributed by atoms with Gasteiger partial charge < -0.3 is 5.32 Å². The smallest absolute Gasteiger partial charge is 0.330 e. The van der Waals surface area contributed by atoms with Crippen molar-refractivity contribution in [1.82, 2.24) is 14.8 Å². The van der Waals surface area contributed by atoms with Crippen LogP contribution in [0.5, 0.6) is 0 Å². The summed E-state index contributed by atoms with van der Waals surface area (Å²) in [7, 11) is 1.64. The zero-order chi connectivity index (χ0) is 12.3. The molecule has 17 heavy (non-hydrogen) atoms. The van der Waals surface area contributed by atoms with Gasteiger partial charge in [0, 0.05) is 26.0 Å². The molecule has 0 radical (unpaired) electrons. The highest BCUT2D eigenvalue weighted by Gasteiger charge is 2.17. The molecular formula is C10H11N5O2. The SMILES string of the molecule is Cn1cc([N+](=O)[O-])c(NCc2cccnc2)n1. The molecule has 0 saturated heterocycles. The Morgan fingerprint density at radius 1 is 1.59 bits per heavy atom. The number of aryl methyl sites for hydroxylation is 1. The molecule has 2 aromatic heterocycles. The highest BCUT2D eigenvalue weighted by Crippen LogP contribution is 2.21. The maximum Gasteiger partial charge on any atom is 0.330 e. The fourth-order valence-corrected chi connectivity index (χ4v) is 1.42. The number of nitrogens with zero attached hydrogens (tertiary/aromatic N) is 4. The van der Waals surface area contributed by atoms with Crippen molar-refractivity contribution >= 4 is 11.5 Å². The van der Waals surface area contributed by atoms with Crippen LogP contribution in [-0.4, -0.2) is 19.7 Å². The summed E-state index contributed by atoms with van der Waals surface area (Å²) in [5.74, 6) is 0.265. The first-order valence-electron chi connectivity index (χ1n) is 4.97. The molecule has 0 aromatic carbocycles. The molecule has 2 rings (SSSR count). The standard InChI is InChI=1S/C10H11N5O2/c1-14-7-9(15(16)17)10(13-14)12-6-8-3-2-4-11-5-8/h2-5,7H,6H2,1H3,(H,12,13). The Balaban J connectivity index is 2.11. The molecule has 0 bridgehead atoms. The molecule has 7 nitrogen and oxygen atoms in total. The predicted molar refractivity (Wildman–Crippen MR) is 61.4 cm³/mol. The molecule has 0 saturated carbocycles. The van der Waals surface area contributed by atoms with Crippen molar-refractivity contribution in [2.75, 3.05) is 5.32 Å². The van der Waals surface area contributed by atoms with Crippen LogP contribution in [0.15, 0.2) is 30.7 Å². The molecule has 0 unspecified atom stereocenters. The Hall–Kier alpha value is -2.44. The van der Waals surface area contributed by atoms with Crippen LogP contribution < -0.4 is 5.32 Å². The Labute approximate surface area is 97.2 Å². The number of aromatic nitrogens is 3. The van der Waals surface area contributed by atoms with Crippen molar-refractivity contribution in [1.29, 1.82) is 0 Å². The van der Waals surface area contributed by atoms with Gasteiger partial charge in [0.15, 0.2) is 0 Å². The third-order valence-corrected chi connectivity index (χ3v) is 2.19. The molecule has 0 aliphatic carbocycles. The summed E-state index contributed by atoms with van der Waals surface area (Å²) in [6.07, 6.45) is 4.74. The topological polar surface area (TPSA) is 85.9 Å². The van der Waals surface area contributed by atoms with Crippen LogP contribution in [0.25, 0.3) is 0 Å². The quantitative estimate of drug-likeness (QED) is 0.636. The molecule has 0 fully saturated rings. The maximum atomic E-state index is 10.7. The summed E-state index contributed by atoms with van der Waals surface area (Å²) in [6, 6.07) is 3.69. The normalized spacial score (nSPS) is 10.2. The van der Waals surface area contributed by atoms with E-state index >= 15 is 0 Å². The van der Waals surface area contributed by atoms with E-state index in [4.69, 9.17) is 0 Å². The summed E-state index contributed by atoms with van der Waals surface area (Å²) >= 11 is 0. The summed E-state index contributed by atoms with van der Waals surface area (Å²) in [5, 5.41) is 17.7. The van der Waals surface area contributed by atoms with Crippen LogP contribution in [0, 0.1) is 10.1 Å².